The van der Waals surface area contributed by atoms with E-state index in [0.717, 1.165) is 19.5 Å². The van der Waals surface area contributed by atoms with Gasteiger partial charge in [-0.05, 0) is 18.3 Å². The van der Waals surface area contributed by atoms with Crippen LogP contribution < -0.4 is 0 Å². The summed E-state index contributed by atoms with van der Waals surface area (Å²) < 4.78 is 0. The fraction of sp³-hybridized carbons (Fsp3) is 0.889. The molecule has 0 bridgehead atoms. The minimum absolute atomic E-state index is 0.312. The molecule has 62 valence electrons. The van der Waals surface area contributed by atoms with Crippen LogP contribution >= 0.6 is 0 Å². The van der Waals surface area contributed by atoms with E-state index in [1.165, 1.54) is 6.42 Å². The van der Waals surface area contributed by atoms with Gasteiger partial charge in [0.1, 0.15) is 0 Å². The van der Waals surface area contributed by atoms with E-state index in [0.29, 0.717) is 17.2 Å². The van der Waals surface area contributed by atoms with Gasteiger partial charge in [-0.15, -0.1) is 0 Å². The van der Waals surface area contributed by atoms with E-state index in [9.17, 15) is 4.79 Å². The number of carbonyl (C=O) groups is 1. The summed E-state index contributed by atoms with van der Waals surface area (Å²) in [4.78, 5) is 13.5. The highest BCUT2D eigenvalue weighted by molar-refractivity contribution is 5.83. The van der Waals surface area contributed by atoms with Crippen LogP contribution in [0, 0.1) is 11.3 Å². The molecule has 1 aliphatic carbocycles. The third kappa shape index (κ3) is 1.05. The van der Waals surface area contributed by atoms with Crippen molar-refractivity contribution < 1.29 is 4.79 Å². The summed E-state index contributed by atoms with van der Waals surface area (Å²) >= 11 is 0. The molecule has 0 radical (unpaired) electrons. The van der Waals surface area contributed by atoms with Crippen LogP contribution in [0.15, 0.2) is 0 Å². The highest BCUT2D eigenvalue weighted by Crippen LogP contribution is 2.52. The van der Waals surface area contributed by atoms with Gasteiger partial charge in [-0.2, -0.15) is 0 Å². The lowest BCUT2D eigenvalue weighted by molar-refractivity contribution is -0.136. The van der Waals surface area contributed by atoms with Crippen LogP contribution in [0.4, 0.5) is 0 Å². The van der Waals surface area contributed by atoms with Gasteiger partial charge in [-0.25, -0.2) is 0 Å². The second kappa shape index (κ2) is 1.99. The third-order valence-corrected chi connectivity index (χ3v) is 2.98. The van der Waals surface area contributed by atoms with Crippen molar-refractivity contribution in [1.82, 2.24) is 4.90 Å². The quantitative estimate of drug-likeness (QED) is 0.555. The van der Waals surface area contributed by atoms with Crippen LogP contribution in [0.5, 0.6) is 0 Å². The highest BCUT2D eigenvalue weighted by Gasteiger charge is 2.52. The third-order valence-electron chi connectivity index (χ3n) is 2.98. The Bertz CT molecular complexity index is 194. The van der Waals surface area contributed by atoms with Crippen LogP contribution in [0.3, 0.4) is 0 Å². The summed E-state index contributed by atoms with van der Waals surface area (Å²) in [5.41, 5.74) is 0.312. The van der Waals surface area contributed by atoms with Gasteiger partial charge in [0.2, 0.25) is 5.91 Å². The van der Waals surface area contributed by atoms with E-state index in [2.05, 4.69) is 13.8 Å². The van der Waals surface area contributed by atoms with E-state index in [1.807, 2.05) is 4.90 Å². The Kier molecular flexibility index (Phi) is 1.29. The molecule has 11 heavy (non-hydrogen) atoms. The number of amides is 1. The number of hydrogen-bond donors (Lipinski definition) is 0. The largest absolute Gasteiger partial charge is 0.342 e. The Labute approximate surface area is 67.6 Å². The Morgan fingerprint density at radius 2 is 2.00 bits per heavy atom. The average Bonchev–Trinajstić information content (AvgIpc) is 2.35. The van der Waals surface area contributed by atoms with E-state index < -0.39 is 0 Å². The molecule has 2 fully saturated rings. The summed E-state index contributed by atoms with van der Waals surface area (Å²) in [6, 6.07) is 0. The predicted octanol–water partition coefficient (Wildman–Crippen LogP) is 1.26. The van der Waals surface area contributed by atoms with Gasteiger partial charge in [0.15, 0.2) is 0 Å². The zero-order valence-corrected chi connectivity index (χ0v) is 7.26. The summed E-state index contributed by atoms with van der Waals surface area (Å²) in [5, 5.41) is 0. The van der Waals surface area contributed by atoms with Crippen LogP contribution in [0.25, 0.3) is 0 Å². The fourth-order valence-electron chi connectivity index (χ4n) is 1.65. The molecule has 0 aromatic carbocycles. The molecule has 1 saturated heterocycles. The first-order valence-corrected chi connectivity index (χ1v) is 4.40. The normalized spacial score (nSPS) is 32.9. The topological polar surface area (TPSA) is 20.3 Å². The summed E-state index contributed by atoms with van der Waals surface area (Å²) in [5.74, 6) is 0.754. The Hall–Kier alpha value is -0.530. The molecule has 2 aliphatic rings. The smallest absolute Gasteiger partial charge is 0.226 e. The Morgan fingerprint density at radius 3 is 2.27 bits per heavy atom. The van der Waals surface area contributed by atoms with Crippen molar-refractivity contribution in [3.05, 3.63) is 0 Å². The number of hydrogen-bond acceptors (Lipinski definition) is 1. The first kappa shape index (κ1) is 7.14. The molecular weight excluding hydrogens is 138 g/mol. The number of rotatable bonds is 1. The lowest BCUT2D eigenvalue weighted by Crippen LogP contribution is -2.43. The summed E-state index contributed by atoms with van der Waals surface area (Å²) in [6.07, 6.45) is 2.31. The molecule has 2 rings (SSSR count). The first-order valence-electron chi connectivity index (χ1n) is 4.40. The van der Waals surface area contributed by atoms with Crippen molar-refractivity contribution in [2.75, 3.05) is 13.1 Å². The standard InChI is InChI=1S/C9H15NO/c1-9(2)6-7(9)8(11)10-4-3-5-10/h7H,3-6H2,1-2H3. The molecule has 1 atom stereocenters. The molecule has 1 saturated carbocycles. The van der Waals surface area contributed by atoms with Gasteiger partial charge >= 0.3 is 0 Å². The minimum Gasteiger partial charge on any atom is -0.342 e. The Morgan fingerprint density at radius 1 is 1.45 bits per heavy atom. The lowest BCUT2D eigenvalue weighted by atomic mass is 10.1. The molecule has 0 N–H and O–H groups in total. The van der Waals surface area contributed by atoms with Gasteiger partial charge in [-0.1, -0.05) is 13.8 Å². The molecule has 0 aromatic heterocycles. The van der Waals surface area contributed by atoms with Gasteiger partial charge in [0.05, 0.1) is 0 Å². The average molecular weight is 153 g/mol. The molecular formula is C9H15NO. The van der Waals surface area contributed by atoms with E-state index in [4.69, 9.17) is 0 Å². The van der Waals surface area contributed by atoms with E-state index in [1.54, 1.807) is 0 Å². The SMILES string of the molecule is CC1(C)CC1C(=O)N1CCC1. The van der Waals surface area contributed by atoms with Gasteiger partial charge < -0.3 is 4.90 Å². The summed E-state index contributed by atoms with van der Waals surface area (Å²) in [7, 11) is 0. The van der Waals surface area contributed by atoms with Crippen molar-refractivity contribution in [3.63, 3.8) is 0 Å². The predicted molar refractivity (Wildman–Crippen MR) is 43.1 cm³/mol. The van der Waals surface area contributed by atoms with Gasteiger partial charge in [-0.3, -0.25) is 4.79 Å². The maximum absolute atomic E-state index is 11.5. The zero-order valence-electron chi connectivity index (χ0n) is 7.26. The van der Waals surface area contributed by atoms with Crippen LogP contribution in [0.1, 0.15) is 26.7 Å². The fourth-order valence-corrected chi connectivity index (χ4v) is 1.65. The van der Waals surface area contributed by atoms with E-state index >= 15 is 0 Å². The minimum atomic E-state index is 0.312. The molecule has 0 spiro atoms. The first-order chi connectivity index (χ1) is 5.11. The van der Waals surface area contributed by atoms with Crippen molar-refractivity contribution >= 4 is 5.91 Å². The lowest BCUT2D eigenvalue weighted by Gasteiger charge is -2.31. The molecule has 1 aliphatic heterocycles. The maximum Gasteiger partial charge on any atom is 0.226 e. The highest BCUT2D eigenvalue weighted by atomic mass is 16.2. The van der Waals surface area contributed by atoms with Gasteiger partial charge in [0.25, 0.3) is 0 Å². The Balaban J connectivity index is 1.92. The van der Waals surface area contributed by atoms with Crippen molar-refractivity contribution in [1.29, 1.82) is 0 Å². The van der Waals surface area contributed by atoms with Gasteiger partial charge in [0, 0.05) is 19.0 Å². The molecule has 2 nitrogen and oxygen atoms in total. The number of nitrogens with zero attached hydrogens (tertiary/aromatic N) is 1. The number of likely N-dealkylation sites (tertiary alicyclic amines) is 1. The molecule has 0 aromatic rings. The maximum atomic E-state index is 11.5. The van der Waals surface area contributed by atoms with Crippen molar-refractivity contribution in [3.8, 4) is 0 Å². The van der Waals surface area contributed by atoms with Crippen molar-refractivity contribution in [2.45, 2.75) is 26.7 Å². The molecule has 1 unspecified atom stereocenters. The van der Waals surface area contributed by atoms with Crippen molar-refractivity contribution in [2.24, 2.45) is 11.3 Å². The van der Waals surface area contributed by atoms with E-state index in [-0.39, 0.29) is 0 Å². The monoisotopic (exact) mass is 153 g/mol. The second-order valence-corrected chi connectivity index (χ2v) is 4.42. The molecule has 2 heteroatoms. The van der Waals surface area contributed by atoms with Crippen LogP contribution in [-0.4, -0.2) is 23.9 Å². The zero-order chi connectivity index (χ0) is 8.06. The second-order valence-electron chi connectivity index (χ2n) is 4.42. The molecule has 1 amide bonds. The number of carbonyl (C=O) groups excluding carboxylic acids is 1. The van der Waals surface area contributed by atoms with Crippen LogP contribution in [0.2, 0.25) is 0 Å². The molecule has 1 heterocycles. The van der Waals surface area contributed by atoms with Crippen LogP contribution in [-0.2, 0) is 4.79 Å². The summed E-state index contributed by atoms with van der Waals surface area (Å²) in [6.45, 7) is 6.36.